The Balaban J connectivity index is 1.76. The minimum Gasteiger partial charge on any atom is -0.478 e. The number of carbonyl (C=O) groups excluding carboxylic acids is 2. The fourth-order valence-electron chi connectivity index (χ4n) is 7.30. The molecule has 4 aliphatic rings. The molecule has 4 aliphatic carbocycles. The number of allylic oxidation sites excluding steroid dienone is 2. The molecule has 7 atom stereocenters. The zero-order valence-corrected chi connectivity index (χ0v) is 17.0. The van der Waals surface area contributed by atoms with Gasteiger partial charge in [-0.25, -0.2) is 9.59 Å². The van der Waals surface area contributed by atoms with E-state index in [9.17, 15) is 24.6 Å². The molecule has 0 bridgehead atoms. The maximum atomic E-state index is 12.2. The predicted octanol–water partition coefficient (Wildman–Crippen LogP) is 3.69. The molecule has 0 aromatic carbocycles. The Bertz CT molecular complexity index is 777. The highest BCUT2D eigenvalue weighted by Gasteiger charge is 2.71. The van der Waals surface area contributed by atoms with Gasteiger partial charge in [0.2, 0.25) is 5.60 Å². The van der Waals surface area contributed by atoms with Gasteiger partial charge in [-0.05, 0) is 55.3 Å². The summed E-state index contributed by atoms with van der Waals surface area (Å²) in [6, 6.07) is 0. The van der Waals surface area contributed by atoms with Crippen molar-refractivity contribution in [1.82, 2.24) is 0 Å². The van der Waals surface area contributed by atoms with Crippen LogP contribution in [0.1, 0.15) is 58.8 Å². The summed E-state index contributed by atoms with van der Waals surface area (Å²) < 4.78 is 5.26. The Morgan fingerprint density at radius 1 is 1.29 bits per heavy atom. The molecule has 0 heterocycles. The SMILES string of the molecule is CC12CCC(=O)CC1=CCC1C2C(O)CC2(C)C1CC[C@]2(OC(=O)Cl)C(=O)O. The first-order valence-corrected chi connectivity index (χ1v) is 10.4. The van der Waals surface area contributed by atoms with Gasteiger partial charge in [-0.3, -0.25) is 4.79 Å². The van der Waals surface area contributed by atoms with Crippen molar-refractivity contribution in [3.8, 4) is 0 Å². The van der Waals surface area contributed by atoms with Gasteiger partial charge in [0, 0.05) is 29.9 Å². The van der Waals surface area contributed by atoms with Crippen molar-refractivity contribution < 1.29 is 29.3 Å². The number of hydrogen-bond donors (Lipinski definition) is 2. The van der Waals surface area contributed by atoms with Crippen LogP contribution in [0.3, 0.4) is 0 Å². The smallest absolute Gasteiger partial charge is 0.404 e. The lowest BCUT2D eigenvalue weighted by molar-refractivity contribution is -0.191. The van der Waals surface area contributed by atoms with E-state index in [1.807, 2.05) is 6.92 Å². The molecule has 0 aromatic heterocycles. The van der Waals surface area contributed by atoms with Gasteiger partial charge in [-0.15, -0.1) is 0 Å². The van der Waals surface area contributed by atoms with Crippen molar-refractivity contribution in [2.75, 3.05) is 0 Å². The van der Waals surface area contributed by atoms with Crippen LogP contribution in [0.4, 0.5) is 4.79 Å². The largest absolute Gasteiger partial charge is 0.478 e. The van der Waals surface area contributed by atoms with Gasteiger partial charge in [0.15, 0.2) is 0 Å². The van der Waals surface area contributed by atoms with Crippen LogP contribution in [0.5, 0.6) is 0 Å². The molecule has 0 aliphatic heterocycles. The molecule has 3 saturated carbocycles. The Kier molecular flexibility index (Phi) is 4.47. The number of carbonyl (C=O) groups is 3. The van der Waals surface area contributed by atoms with Gasteiger partial charge >= 0.3 is 11.4 Å². The summed E-state index contributed by atoms with van der Waals surface area (Å²) in [5.41, 5.74) is -2.84. The topological polar surface area (TPSA) is 101 Å². The second-order valence-electron chi connectivity index (χ2n) is 9.59. The number of aliphatic carboxylic acids is 1. The number of carboxylic acids is 1. The third-order valence-corrected chi connectivity index (χ3v) is 8.67. The molecular weight excluding hydrogens is 384 g/mol. The van der Waals surface area contributed by atoms with Gasteiger partial charge < -0.3 is 14.9 Å². The average Bonchev–Trinajstić information content (AvgIpc) is 2.88. The van der Waals surface area contributed by atoms with E-state index >= 15 is 0 Å². The molecular formula is C21H27ClO6. The van der Waals surface area contributed by atoms with Crippen molar-refractivity contribution in [3.05, 3.63) is 11.6 Å². The highest BCUT2D eigenvalue weighted by Crippen LogP contribution is 2.67. The van der Waals surface area contributed by atoms with Crippen LogP contribution < -0.4 is 0 Å². The number of rotatable bonds is 2. The van der Waals surface area contributed by atoms with Gasteiger partial charge in [-0.1, -0.05) is 25.5 Å². The number of hydrogen-bond acceptors (Lipinski definition) is 5. The maximum Gasteiger partial charge on any atom is 0.404 e. The molecule has 0 radical (unpaired) electrons. The van der Waals surface area contributed by atoms with Crippen molar-refractivity contribution in [2.45, 2.75) is 70.5 Å². The number of fused-ring (bicyclic) bond motifs is 5. The van der Waals surface area contributed by atoms with Crippen LogP contribution in [0.15, 0.2) is 11.6 Å². The monoisotopic (exact) mass is 410 g/mol. The number of halogens is 1. The maximum absolute atomic E-state index is 12.2. The van der Waals surface area contributed by atoms with Crippen LogP contribution in [-0.2, 0) is 14.3 Å². The molecule has 7 heteroatoms. The fourth-order valence-corrected chi connectivity index (χ4v) is 7.43. The quantitative estimate of drug-likeness (QED) is 0.531. The Morgan fingerprint density at radius 3 is 2.64 bits per heavy atom. The second-order valence-corrected chi connectivity index (χ2v) is 9.90. The Morgan fingerprint density at radius 2 is 2.00 bits per heavy atom. The molecule has 6 nitrogen and oxygen atoms in total. The zero-order chi connectivity index (χ0) is 20.5. The summed E-state index contributed by atoms with van der Waals surface area (Å²) >= 11 is 5.46. The number of ketones is 1. The lowest BCUT2D eigenvalue weighted by atomic mass is 9.46. The number of Topliss-reactive ketones (excluding diaryl/α,β-unsaturated/α-hetero) is 1. The van der Waals surface area contributed by atoms with Gasteiger partial charge in [0.05, 0.1) is 6.10 Å². The van der Waals surface area contributed by atoms with Crippen molar-refractivity contribution in [2.24, 2.45) is 28.6 Å². The van der Waals surface area contributed by atoms with E-state index in [1.54, 1.807) is 0 Å². The molecule has 0 aromatic rings. The third-order valence-electron chi connectivity index (χ3n) is 8.59. The lowest BCUT2D eigenvalue weighted by Crippen LogP contribution is -2.62. The van der Waals surface area contributed by atoms with Gasteiger partial charge in [0.25, 0.3) is 0 Å². The summed E-state index contributed by atoms with van der Waals surface area (Å²) in [6.07, 6.45) is 4.88. The van der Waals surface area contributed by atoms with Crippen LogP contribution in [0.2, 0.25) is 0 Å². The standard InChI is InChI=1S/C21H27ClO6/c1-19-7-5-12(23)9-11(19)3-4-13-14-6-8-21(17(25)26,28-18(22)27)20(14,2)10-15(24)16(13)19/h3,13-16,24H,4-10H2,1-2H3,(H,25,26)/t13?,14?,15?,16?,19?,20?,21-/m0/s1. The van der Waals surface area contributed by atoms with Crippen LogP contribution >= 0.6 is 11.6 Å². The molecule has 0 saturated heterocycles. The second kappa shape index (κ2) is 6.30. The highest BCUT2D eigenvalue weighted by molar-refractivity contribution is 6.61. The summed E-state index contributed by atoms with van der Waals surface area (Å²) in [7, 11) is 0. The molecule has 3 fully saturated rings. The first-order chi connectivity index (χ1) is 13.0. The van der Waals surface area contributed by atoms with Crippen LogP contribution in [0.25, 0.3) is 0 Å². The third kappa shape index (κ3) is 2.46. The molecule has 0 amide bonds. The first kappa shape index (κ1) is 19.9. The minimum absolute atomic E-state index is 0.000250. The van der Waals surface area contributed by atoms with Gasteiger partial charge in [0.1, 0.15) is 5.78 Å². The lowest BCUT2D eigenvalue weighted by Gasteiger charge is -2.59. The molecule has 0 spiro atoms. The van der Waals surface area contributed by atoms with E-state index in [2.05, 4.69) is 13.0 Å². The minimum atomic E-state index is -1.71. The fraction of sp³-hybridized carbons (Fsp3) is 0.762. The molecule has 2 N–H and O–H groups in total. The highest BCUT2D eigenvalue weighted by atomic mass is 35.5. The van der Waals surface area contributed by atoms with E-state index in [0.717, 1.165) is 12.0 Å². The number of aliphatic hydroxyl groups excluding tert-OH is 1. The zero-order valence-electron chi connectivity index (χ0n) is 16.2. The Hall–Kier alpha value is -1.40. The summed E-state index contributed by atoms with van der Waals surface area (Å²) in [5.74, 6) is -0.878. The van der Waals surface area contributed by atoms with Crippen LogP contribution in [0, 0.1) is 28.6 Å². The van der Waals surface area contributed by atoms with E-state index in [-0.39, 0.29) is 41.8 Å². The van der Waals surface area contributed by atoms with Crippen LogP contribution in [-0.4, -0.2) is 39.1 Å². The van der Waals surface area contributed by atoms with E-state index in [4.69, 9.17) is 16.3 Å². The molecule has 6 unspecified atom stereocenters. The first-order valence-electron chi connectivity index (χ1n) is 10.1. The average molecular weight is 411 g/mol. The predicted molar refractivity (Wildman–Crippen MR) is 101 cm³/mol. The number of ether oxygens (including phenoxy) is 1. The summed E-state index contributed by atoms with van der Waals surface area (Å²) in [5, 5.41) is 21.3. The summed E-state index contributed by atoms with van der Waals surface area (Å²) in [4.78, 5) is 35.8. The number of carboxylic acid groups (broad SMARTS) is 1. The van der Waals surface area contributed by atoms with Crippen molar-refractivity contribution in [1.29, 1.82) is 0 Å². The van der Waals surface area contributed by atoms with E-state index in [1.165, 1.54) is 0 Å². The summed E-state index contributed by atoms with van der Waals surface area (Å²) in [6.45, 7) is 3.97. The van der Waals surface area contributed by atoms with Gasteiger partial charge in [-0.2, -0.15) is 0 Å². The van der Waals surface area contributed by atoms with Crippen molar-refractivity contribution in [3.63, 3.8) is 0 Å². The Labute approximate surface area is 169 Å². The van der Waals surface area contributed by atoms with E-state index < -0.39 is 28.5 Å². The van der Waals surface area contributed by atoms with Crippen molar-refractivity contribution >= 4 is 28.8 Å². The van der Waals surface area contributed by atoms with E-state index in [0.29, 0.717) is 25.7 Å². The number of aliphatic hydroxyl groups is 1. The molecule has 4 rings (SSSR count). The molecule has 154 valence electrons. The molecule has 28 heavy (non-hydrogen) atoms. The normalized spacial score (nSPS) is 47.4.